The molecule has 0 bridgehead atoms. The van der Waals surface area contributed by atoms with Crippen molar-refractivity contribution in [1.82, 2.24) is 9.55 Å². The van der Waals surface area contributed by atoms with Crippen molar-refractivity contribution in [1.29, 1.82) is 0 Å². The van der Waals surface area contributed by atoms with Gasteiger partial charge in [-0.25, -0.2) is 9.55 Å². The Bertz CT molecular complexity index is 1380. The third-order valence-corrected chi connectivity index (χ3v) is 7.22. The lowest BCUT2D eigenvalue weighted by Gasteiger charge is -2.21. The van der Waals surface area contributed by atoms with Crippen molar-refractivity contribution in [2.45, 2.75) is 51.8 Å². The van der Waals surface area contributed by atoms with Gasteiger partial charge in [0.15, 0.2) is 6.20 Å². The lowest BCUT2D eigenvalue weighted by molar-refractivity contribution is -0.660. The van der Waals surface area contributed by atoms with Gasteiger partial charge >= 0.3 is 0 Å². The van der Waals surface area contributed by atoms with Gasteiger partial charge in [-0.15, -0.1) is 0 Å². The summed E-state index contributed by atoms with van der Waals surface area (Å²) in [4.78, 5) is 4.62. The Morgan fingerprint density at radius 2 is 1.94 bits per heavy atom. The minimum absolute atomic E-state index is 0.0974. The Morgan fingerprint density at radius 1 is 1.13 bits per heavy atom. The monoisotopic (exact) mass is 410 g/mol. The summed E-state index contributed by atoms with van der Waals surface area (Å²) in [5, 5.41) is 2.50. The minimum atomic E-state index is -1.32. The van der Waals surface area contributed by atoms with Crippen LogP contribution in [0.2, 0.25) is 0 Å². The minimum Gasteiger partial charge on any atom is -0.303 e. The summed E-state index contributed by atoms with van der Waals surface area (Å²) in [5.74, 6) is 1.17. The maximum absolute atomic E-state index is 9.05. The number of imidazole rings is 1. The first-order valence-corrected chi connectivity index (χ1v) is 11.5. The Labute approximate surface area is 187 Å². The first-order valence-electron chi connectivity index (χ1n) is 12.5. The van der Waals surface area contributed by atoms with E-state index in [4.69, 9.17) is 2.74 Å². The van der Waals surface area contributed by atoms with E-state index in [-0.39, 0.29) is 5.92 Å². The van der Waals surface area contributed by atoms with Crippen LogP contribution in [0.5, 0.6) is 0 Å². The molecule has 2 aromatic heterocycles. The maximum atomic E-state index is 9.05. The number of pyridine rings is 1. The second kappa shape index (κ2) is 7.33. The first-order chi connectivity index (χ1) is 16.0. The number of aromatic nitrogens is 3. The highest BCUT2D eigenvalue weighted by Gasteiger charge is 2.30. The lowest BCUT2D eigenvalue weighted by Crippen LogP contribution is -2.31. The van der Waals surface area contributed by atoms with Gasteiger partial charge in [-0.1, -0.05) is 56.4 Å². The second-order valence-electron chi connectivity index (χ2n) is 9.15. The summed E-state index contributed by atoms with van der Waals surface area (Å²) < 4.78 is 22.5. The number of aryl methyl sites for hydroxylation is 2. The van der Waals surface area contributed by atoms with Gasteiger partial charge in [0.2, 0.25) is 5.69 Å². The highest BCUT2D eigenvalue weighted by Crippen LogP contribution is 2.42. The zero-order valence-corrected chi connectivity index (χ0v) is 18.4. The third kappa shape index (κ3) is 3.02. The largest absolute Gasteiger partial charge is 0.303 e. The van der Waals surface area contributed by atoms with E-state index in [1.807, 2.05) is 18.5 Å². The molecule has 31 heavy (non-hydrogen) atoms. The van der Waals surface area contributed by atoms with Gasteiger partial charge in [0.1, 0.15) is 12.9 Å². The van der Waals surface area contributed by atoms with Gasteiger partial charge in [0.05, 0.1) is 11.3 Å². The van der Waals surface area contributed by atoms with Crippen molar-refractivity contribution in [3.63, 3.8) is 0 Å². The maximum Gasteiger partial charge on any atom is 0.213 e. The van der Waals surface area contributed by atoms with Crippen molar-refractivity contribution in [3.05, 3.63) is 77.5 Å². The van der Waals surface area contributed by atoms with Crippen LogP contribution in [-0.2, 0) is 19.8 Å². The average Bonchev–Trinajstić information content (AvgIpc) is 3.42. The van der Waals surface area contributed by atoms with Gasteiger partial charge in [-0.05, 0) is 41.3 Å². The van der Waals surface area contributed by atoms with E-state index in [2.05, 4.69) is 64.6 Å². The fourth-order valence-electron chi connectivity index (χ4n) is 5.67. The molecule has 0 spiro atoms. The summed E-state index contributed by atoms with van der Waals surface area (Å²) in [6.45, 7) is 2.21. The molecule has 0 unspecified atom stereocenters. The molecule has 1 saturated carbocycles. The number of nitrogens with zero attached hydrogens (tertiary/aromatic N) is 3. The van der Waals surface area contributed by atoms with Crippen LogP contribution in [0.25, 0.3) is 27.7 Å². The van der Waals surface area contributed by atoms with Gasteiger partial charge in [-0.2, -0.15) is 0 Å². The lowest BCUT2D eigenvalue weighted by atomic mass is 9.84. The number of hydrogen-bond acceptors (Lipinski definition) is 1. The van der Waals surface area contributed by atoms with Crippen LogP contribution in [0.1, 0.15) is 57.4 Å². The second-order valence-corrected chi connectivity index (χ2v) is 9.15. The molecular weight excluding hydrogens is 378 g/mol. The van der Waals surface area contributed by atoms with Crippen LogP contribution in [-0.4, -0.2) is 9.55 Å². The van der Waals surface area contributed by atoms with E-state index in [9.17, 15) is 0 Å². The fourth-order valence-corrected chi connectivity index (χ4v) is 5.67. The highest BCUT2D eigenvalue weighted by molar-refractivity contribution is 6.00. The van der Waals surface area contributed by atoms with Crippen molar-refractivity contribution in [2.75, 3.05) is 0 Å². The summed E-state index contributed by atoms with van der Waals surface area (Å²) in [7, 11) is 2.07. The Balaban J connectivity index is 1.58. The van der Waals surface area contributed by atoms with Crippen LogP contribution < -0.4 is 4.57 Å². The number of benzene rings is 2. The quantitative estimate of drug-likeness (QED) is 0.342. The molecule has 6 rings (SSSR count). The molecule has 0 radical (unpaired) electrons. The zero-order valence-electron chi connectivity index (χ0n) is 20.4. The Morgan fingerprint density at radius 3 is 2.77 bits per heavy atom. The standard InChI is InChI=1S/C28H30N3/c1-19-22-10-6-7-11-23(22)28-24(18-26-29-13-15-31(26)28)27(19)25-17-21(12-14-30(25)2)16-20-8-4-3-5-9-20/h6-7,10-15,17,20H,3-5,8-9,16,18H2,1-2H3/q+1/i16D2. The third-order valence-electron chi connectivity index (χ3n) is 7.22. The van der Waals surface area contributed by atoms with E-state index in [0.717, 1.165) is 49.2 Å². The SMILES string of the molecule is [2H]C([2H])(c1cc[n+](C)c(-c2c3c(c4ccccc4c2C)-n2ccnc2C3)c1)C1CCCCC1. The van der Waals surface area contributed by atoms with Crippen LogP contribution in [0.4, 0.5) is 0 Å². The molecule has 1 aliphatic heterocycles. The molecule has 1 fully saturated rings. The summed E-state index contributed by atoms with van der Waals surface area (Å²) >= 11 is 0. The van der Waals surface area contributed by atoms with Crippen LogP contribution in [0, 0.1) is 12.8 Å². The zero-order chi connectivity index (χ0) is 22.7. The van der Waals surface area contributed by atoms with Gasteiger partial charge in [0, 0.05) is 39.1 Å². The summed E-state index contributed by atoms with van der Waals surface area (Å²) in [6.07, 6.45) is 10.9. The van der Waals surface area contributed by atoms with Gasteiger partial charge < -0.3 is 4.57 Å². The van der Waals surface area contributed by atoms with Gasteiger partial charge in [-0.3, -0.25) is 0 Å². The predicted octanol–water partition coefficient (Wildman–Crippen LogP) is 5.85. The first kappa shape index (κ1) is 16.7. The molecule has 4 aromatic rings. The molecule has 0 atom stereocenters. The molecule has 3 heterocycles. The van der Waals surface area contributed by atoms with Gasteiger partial charge in [0.25, 0.3) is 0 Å². The topological polar surface area (TPSA) is 21.7 Å². The van der Waals surface area contributed by atoms with E-state index < -0.39 is 6.37 Å². The van der Waals surface area contributed by atoms with E-state index in [0.29, 0.717) is 0 Å². The van der Waals surface area contributed by atoms with Crippen LogP contribution in [0.3, 0.4) is 0 Å². The van der Waals surface area contributed by atoms with Crippen LogP contribution in [0.15, 0.2) is 55.0 Å². The van der Waals surface area contributed by atoms with Crippen LogP contribution >= 0.6 is 0 Å². The van der Waals surface area contributed by atoms with E-state index in [1.54, 1.807) is 0 Å². The van der Waals surface area contributed by atoms with E-state index in [1.165, 1.54) is 39.6 Å². The molecule has 0 saturated heterocycles. The molecule has 2 aromatic carbocycles. The molecule has 3 heteroatoms. The molecular formula is C28H30N3+. The predicted molar refractivity (Wildman–Crippen MR) is 126 cm³/mol. The fraction of sp³-hybridized carbons (Fsp3) is 0.357. The number of rotatable bonds is 3. The summed E-state index contributed by atoms with van der Waals surface area (Å²) in [6, 6.07) is 12.7. The number of fused-ring (bicyclic) bond motifs is 5. The van der Waals surface area contributed by atoms with Crippen molar-refractivity contribution in [2.24, 2.45) is 13.0 Å². The summed E-state index contributed by atoms with van der Waals surface area (Å²) in [5.41, 5.74) is 6.87. The van der Waals surface area contributed by atoms with Crippen molar-refractivity contribution in [3.8, 4) is 16.9 Å². The highest BCUT2D eigenvalue weighted by atomic mass is 15.1. The average molecular weight is 411 g/mol. The number of hydrogen-bond donors (Lipinski definition) is 0. The molecule has 3 nitrogen and oxygen atoms in total. The smallest absolute Gasteiger partial charge is 0.213 e. The molecule has 0 N–H and O–H groups in total. The molecule has 156 valence electrons. The molecule has 2 aliphatic rings. The molecule has 0 amide bonds. The van der Waals surface area contributed by atoms with Crippen molar-refractivity contribution < 1.29 is 7.31 Å². The Kier molecular flexibility index (Phi) is 3.95. The Hall–Kier alpha value is -2.94. The normalized spacial score (nSPS) is 17.4. The van der Waals surface area contributed by atoms with E-state index >= 15 is 0 Å². The van der Waals surface area contributed by atoms with Crippen molar-refractivity contribution >= 4 is 10.8 Å². The molecule has 1 aliphatic carbocycles.